The summed E-state index contributed by atoms with van der Waals surface area (Å²) < 4.78 is 28.4. The molecule has 1 heterocycles. The minimum atomic E-state index is -3.81. The average molecular weight is 393 g/mol. The number of nitrogens with one attached hydrogen (secondary N) is 1. The van der Waals surface area contributed by atoms with Crippen LogP contribution in [0.1, 0.15) is 23.7 Å². The van der Waals surface area contributed by atoms with E-state index in [4.69, 9.17) is 0 Å². The number of sulfonamides is 1. The van der Waals surface area contributed by atoms with Gasteiger partial charge in [-0.15, -0.1) is 4.40 Å². The smallest absolute Gasteiger partial charge is 0.285 e. The quantitative estimate of drug-likeness (QED) is 0.726. The van der Waals surface area contributed by atoms with Gasteiger partial charge in [0.25, 0.3) is 15.9 Å². The molecule has 1 amide bonds. The van der Waals surface area contributed by atoms with Crippen molar-refractivity contribution in [2.24, 2.45) is 4.40 Å². The zero-order chi connectivity index (χ0) is 19.7. The topological polar surface area (TPSA) is 78.8 Å². The first-order valence-corrected chi connectivity index (χ1v) is 10.4. The summed E-state index contributed by atoms with van der Waals surface area (Å²) in [6.45, 7) is 2.65. The first kappa shape index (κ1) is 18.2. The zero-order valence-corrected chi connectivity index (χ0v) is 16.1. The molecule has 7 heteroatoms. The lowest BCUT2D eigenvalue weighted by molar-refractivity contribution is 0.102. The van der Waals surface area contributed by atoms with E-state index < -0.39 is 10.0 Å². The third-order valence-electron chi connectivity index (χ3n) is 4.64. The van der Waals surface area contributed by atoms with Gasteiger partial charge in [0, 0.05) is 23.2 Å². The van der Waals surface area contributed by atoms with Crippen LogP contribution in [0.25, 0.3) is 10.8 Å². The number of hydrogen-bond acceptors (Lipinski definition) is 4. The Morgan fingerprint density at radius 2 is 1.86 bits per heavy atom. The molecule has 0 unspecified atom stereocenters. The third-order valence-corrected chi connectivity index (χ3v) is 5.89. The van der Waals surface area contributed by atoms with E-state index in [1.165, 1.54) is 12.4 Å². The summed E-state index contributed by atoms with van der Waals surface area (Å²) in [6, 6.07) is 18.1. The minimum absolute atomic E-state index is 0.0500. The highest BCUT2D eigenvalue weighted by molar-refractivity contribution is 7.90. The summed E-state index contributed by atoms with van der Waals surface area (Å²) in [7, 11) is -3.81. The molecule has 0 radical (unpaired) electrons. The van der Waals surface area contributed by atoms with Crippen LogP contribution in [0, 0.1) is 0 Å². The molecule has 4 rings (SSSR count). The monoisotopic (exact) mass is 393 g/mol. The molecule has 1 aliphatic rings. The van der Waals surface area contributed by atoms with Crippen molar-refractivity contribution in [3.8, 4) is 0 Å². The summed E-state index contributed by atoms with van der Waals surface area (Å²) in [4.78, 5) is 14.6. The van der Waals surface area contributed by atoms with Gasteiger partial charge in [0.1, 0.15) is 11.2 Å². The molecule has 0 aliphatic carbocycles. The number of hydrogen-bond donors (Lipinski definition) is 1. The lowest BCUT2D eigenvalue weighted by Gasteiger charge is -2.25. The van der Waals surface area contributed by atoms with Gasteiger partial charge in [0.05, 0.1) is 5.69 Å². The van der Waals surface area contributed by atoms with Crippen molar-refractivity contribution in [2.75, 3.05) is 16.8 Å². The van der Waals surface area contributed by atoms with E-state index in [9.17, 15) is 13.2 Å². The Balaban J connectivity index is 1.70. The second-order valence-electron chi connectivity index (χ2n) is 6.55. The maximum Gasteiger partial charge on any atom is 0.285 e. The summed E-state index contributed by atoms with van der Waals surface area (Å²) in [6.07, 6.45) is 2.17. The van der Waals surface area contributed by atoms with Gasteiger partial charge in [0.2, 0.25) is 0 Å². The molecular formula is C21H19N3O3S. The van der Waals surface area contributed by atoms with Crippen molar-refractivity contribution in [1.29, 1.82) is 0 Å². The van der Waals surface area contributed by atoms with Crippen LogP contribution in [-0.4, -0.2) is 27.2 Å². The van der Waals surface area contributed by atoms with Crippen LogP contribution in [0.4, 0.5) is 11.4 Å². The fraction of sp³-hybridized carbons (Fsp3) is 0.143. The van der Waals surface area contributed by atoms with Crippen LogP contribution in [0.2, 0.25) is 0 Å². The number of rotatable bonds is 4. The van der Waals surface area contributed by atoms with E-state index in [2.05, 4.69) is 9.71 Å². The highest BCUT2D eigenvalue weighted by atomic mass is 32.2. The summed E-state index contributed by atoms with van der Waals surface area (Å²) >= 11 is 0. The highest BCUT2D eigenvalue weighted by Gasteiger charge is 2.26. The van der Waals surface area contributed by atoms with Crippen molar-refractivity contribution in [2.45, 2.75) is 18.2 Å². The predicted molar refractivity (Wildman–Crippen MR) is 112 cm³/mol. The summed E-state index contributed by atoms with van der Waals surface area (Å²) in [5.74, 6) is -0.369. The maximum absolute atomic E-state index is 12.8. The molecule has 0 saturated heterocycles. The summed E-state index contributed by atoms with van der Waals surface area (Å²) in [5, 5.41) is 4.82. The second-order valence-corrected chi connectivity index (χ2v) is 8.15. The van der Waals surface area contributed by atoms with Crippen LogP contribution in [0.15, 0.2) is 70.0 Å². The molecule has 0 spiro atoms. The van der Waals surface area contributed by atoms with Crippen LogP contribution in [-0.2, 0) is 10.0 Å². The van der Waals surface area contributed by atoms with Gasteiger partial charge in [-0.3, -0.25) is 4.79 Å². The first-order valence-electron chi connectivity index (χ1n) is 9.00. The lowest BCUT2D eigenvalue weighted by Crippen LogP contribution is -2.28. The van der Waals surface area contributed by atoms with E-state index >= 15 is 0 Å². The van der Waals surface area contributed by atoms with E-state index in [-0.39, 0.29) is 16.4 Å². The largest absolute Gasteiger partial charge is 0.331 e. The van der Waals surface area contributed by atoms with Crippen LogP contribution < -0.4 is 10.2 Å². The molecule has 28 heavy (non-hydrogen) atoms. The number of fused-ring (bicyclic) bond motifs is 2. The first-order chi connectivity index (χ1) is 13.5. The molecule has 1 N–H and O–H groups in total. The van der Waals surface area contributed by atoms with E-state index in [1.807, 2.05) is 49.4 Å². The van der Waals surface area contributed by atoms with Crippen LogP contribution in [0.3, 0.4) is 0 Å². The minimum Gasteiger partial charge on any atom is -0.331 e. The van der Waals surface area contributed by atoms with Gasteiger partial charge >= 0.3 is 0 Å². The molecule has 3 aromatic carbocycles. The standard InChI is InChI=1S/C21H19N3O3S/c1-2-12-24-14-22-28(26,27)20-13-16(10-11-19(20)24)21(25)23-18-9-5-7-15-6-3-4-8-17(15)18/h3-11,13-14H,2,12H2,1H3,(H,23,25). The molecule has 0 aromatic heterocycles. The molecule has 0 fully saturated rings. The van der Waals surface area contributed by atoms with Gasteiger partial charge in [-0.05, 0) is 36.1 Å². The molecule has 0 atom stereocenters. The SMILES string of the molecule is CCCN1C=NS(=O)(=O)c2cc(C(=O)Nc3cccc4ccccc34)ccc21. The molecule has 0 bridgehead atoms. The number of amides is 1. The Bertz CT molecular complexity index is 1200. The maximum atomic E-state index is 12.8. The van der Waals surface area contributed by atoms with Crippen LogP contribution in [0.5, 0.6) is 0 Å². The van der Waals surface area contributed by atoms with Crippen molar-refractivity contribution in [3.05, 3.63) is 66.2 Å². The Labute approximate surface area is 163 Å². The van der Waals surface area contributed by atoms with Gasteiger partial charge in [-0.1, -0.05) is 43.3 Å². The highest BCUT2D eigenvalue weighted by Crippen LogP contribution is 2.31. The van der Waals surface area contributed by atoms with Gasteiger partial charge in [0.15, 0.2) is 0 Å². The Morgan fingerprint density at radius 3 is 2.68 bits per heavy atom. The fourth-order valence-electron chi connectivity index (χ4n) is 3.29. The van der Waals surface area contributed by atoms with Crippen molar-refractivity contribution < 1.29 is 13.2 Å². The van der Waals surface area contributed by atoms with Gasteiger partial charge < -0.3 is 10.2 Å². The third kappa shape index (κ3) is 3.25. The molecule has 0 saturated carbocycles. The Kier molecular flexibility index (Phi) is 4.60. The van der Waals surface area contributed by atoms with Crippen molar-refractivity contribution in [3.63, 3.8) is 0 Å². The number of carbonyl (C=O) groups is 1. The van der Waals surface area contributed by atoms with E-state index in [0.29, 0.717) is 17.9 Å². The van der Waals surface area contributed by atoms with Gasteiger partial charge in [-0.2, -0.15) is 8.42 Å². The predicted octanol–water partition coefficient (Wildman–Crippen LogP) is 4.04. The second kappa shape index (κ2) is 7.09. The zero-order valence-electron chi connectivity index (χ0n) is 15.3. The fourth-order valence-corrected chi connectivity index (χ4v) is 4.36. The molecule has 3 aromatic rings. The number of carbonyl (C=O) groups excluding carboxylic acids is 1. The molecule has 1 aliphatic heterocycles. The van der Waals surface area contributed by atoms with E-state index in [0.717, 1.165) is 17.2 Å². The normalized spacial score (nSPS) is 14.7. The van der Waals surface area contributed by atoms with Crippen LogP contribution >= 0.6 is 0 Å². The Morgan fingerprint density at radius 1 is 1.07 bits per heavy atom. The van der Waals surface area contributed by atoms with Crippen molar-refractivity contribution in [1.82, 2.24) is 0 Å². The average Bonchev–Trinajstić information content (AvgIpc) is 2.70. The van der Waals surface area contributed by atoms with Gasteiger partial charge in [-0.25, -0.2) is 0 Å². The lowest BCUT2D eigenvalue weighted by atomic mass is 10.1. The number of nitrogens with zero attached hydrogens (tertiary/aromatic N) is 2. The molecule has 142 valence electrons. The number of anilines is 2. The Hall–Kier alpha value is -3.19. The van der Waals surface area contributed by atoms with Crippen molar-refractivity contribution >= 4 is 44.4 Å². The number of benzene rings is 3. The van der Waals surface area contributed by atoms with E-state index in [1.54, 1.807) is 17.0 Å². The summed E-state index contributed by atoms with van der Waals surface area (Å²) in [5.41, 5.74) is 1.48. The molecule has 6 nitrogen and oxygen atoms in total. The molecular weight excluding hydrogens is 374 g/mol.